The summed E-state index contributed by atoms with van der Waals surface area (Å²) in [4.78, 5) is 12.3. The number of hydrogen-bond donors (Lipinski definition) is 0. The highest BCUT2D eigenvalue weighted by atomic mass is 19.4. The summed E-state index contributed by atoms with van der Waals surface area (Å²) in [6.07, 6.45) is -39.6. The first-order chi connectivity index (χ1) is 17.7. The first-order valence-electron chi connectivity index (χ1n) is 11.5. The Balaban J connectivity index is 3.63. The van der Waals surface area contributed by atoms with Crippen molar-refractivity contribution in [1.29, 1.82) is 0 Å². The molecule has 0 heterocycles. The lowest BCUT2D eigenvalue weighted by Crippen LogP contribution is -2.67. The highest BCUT2D eigenvalue weighted by Crippen LogP contribution is 2.60. The molecule has 1 aliphatic carbocycles. The van der Waals surface area contributed by atoms with Crippen LogP contribution in [0.5, 0.6) is 0 Å². The van der Waals surface area contributed by atoms with Crippen LogP contribution in [0, 0.1) is 17.3 Å². The summed E-state index contributed by atoms with van der Waals surface area (Å²) in [5.41, 5.74) is -14.6. The van der Waals surface area contributed by atoms with Crippen LogP contribution in [-0.4, -0.2) is 61.5 Å². The fraction of sp³-hybridized carbons (Fsp3) is 0.952. The Bertz CT molecular complexity index is 821. The normalized spacial score (nSPS) is 22.1. The van der Waals surface area contributed by atoms with Gasteiger partial charge in [-0.25, -0.2) is 0 Å². The minimum absolute atomic E-state index is 0.0134. The number of alkyl halides is 15. The molecule has 0 bridgehead atoms. The Hall–Kier alpha value is -1.66. The minimum Gasteiger partial charge on any atom is -0.438 e. The maximum absolute atomic E-state index is 14.0. The first kappa shape index (κ1) is 36.4. The van der Waals surface area contributed by atoms with Crippen LogP contribution in [0.1, 0.15) is 52.9 Å². The second kappa shape index (κ2) is 11.6. The van der Waals surface area contributed by atoms with E-state index in [1.807, 2.05) is 0 Å². The van der Waals surface area contributed by atoms with Crippen LogP contribution in [0.15, 0.2) is 0 Å². The number of carbonyl (C=O) groups excluding carboxylic acids is 1. The summed E-state index contributed by atoms with van der Waals surface area (Å²) in [6.45, 7) is -0.221. The third kappa shape index (κ3) is 6.23. The van der Waals surface area contributed by atoms with E-state index in [1.54, 1.807) is 0 Å². The summed E-state index contributed by atoms with van der Waals surface area (Å²) in [6, 6.07) is 0. The van der Waals surface area contributed by atoms with Gasteiger partial charge in [0.1, 0.15) is 6.79 Å². The van der Waals surface area contributed by atoms with Crippen molar-refractivity contribution in [2.75, 3.05) is 13.4 Å². The van der Waals surface area contributed by atoms with Crippen molar-refractivity contribution in [2.45, 2.75) is 95.0 Å². The molecule has 1 unspecified atom stereocenters. The molecule has 4 nitrogen and oxygen atoms in total. The highest BCUT2D eigenvalue weighted by molar-refractivity contribution is 5.78. The van der Waals surface area contributed by atoms with E-state index in [0.717, 1.165) is 0 Å². The molecule has 40 heavy (non-hydrogen) atoms. The quantitative estimate of drug-likeness (QED) is 0.113. The maximum Gasteiger partial charge on any atom is 0.437 e. The van der Waals surface area contributed by atoms with Gasteiger partial charge in [0.15, 0.2) is 5.41 Å². The molecule has 0 radical (unpaired) electrons. The third-order valence-corrected chi connectivity index (χ3v) is 7.17. The van der Waals surface area contributed by atoms with Gasteiger partial charge in [0.25, 0.3) is 5.60 Å². The van der Waals surface area contributed by atoms with E-state index in [-0.39, 0.29) is 6.92 Å². The lowest BCUT2D eigenvalue weighted by molar-refractivity contribution is -0.416. The third-order valence-electron chi connectivity index (χ3n) is 7.17. The standard InChI is InChI=1S/C21H25F15O4/c1-4-14(3,17(22,23)24)13(37)40-16(20(31,32)33,21(34,35)36)12-8-6-11(7-9-12)15(18(25,26)27,19(28,29)30)39-10-38-5-2/h11-12H,4-10H2,1-3H3. The number of esters is 1. The van der Waals surface area contributed by atoms with Gasteiger partial charge >= 0.3 is 42.5 Å². The van der Waals surface area contributed by atoms with Gasteiger partial charge in [-0.15, -0.1) is 0 Å². The van der Waals surface area contributed by atoms with Crippen molar-refractivity contribution in [1.82, 2.24) is 0 Å². The number of rotatable bonds is 9. The molecule has 0 aromatic carbocycles. The van der Waals surface area contributed by atoms with E-state index < -0.39 is 111 Å². The molecule has 1 fully saturated rings. The summed E-state index contributed by atoms with van der Waals surface area (Å²) < 4.78 is 219. The molecule has 0 N–H and O–H groups in total. The second-order valence-electron chi connectivity index (χ2n) is 9.34. The van der Waals surface area contributed by atoms with Gasteiger partial charge in [0, 0.05) is 18.4 Å². The summed E-state index contributed by atoms with van der Waals surface area (Å²) in [5.74, 6) is -8.84. The molecule has 0 aromatic rings. The van der Waals surface area contributed by atoms with Crippen molar-refractivity contribution in [2.24, 2.45) is 17.3 Å². The van der Waals surface area contributed by atoms with Crippen LogP contribution in [0.2, 0.25) is 0 Å². The predicted molar refractivity (Wildman–Crippen MR) is 103 cm³/mol. The Morgan fingerprint density at radius 3 is 1.25 bits per heavy atom. The van der Waals surface area contributed by atoms with Crippen LogP contribution in [0.3, 0.4) is 0 Å². The lowest BCUT2D eigenvalue weighted by atomic mass is 9.67. The van der Waals surface area contributed by atoms with Crippen LogP contribution in [0.4, 0.5) is 65.9 Å². The summed E-state index contributed by atoms with van der Waals surface area (Å²) in [7, 11) is 0. The van der Waals surface area contributed by atoms with Gasteiger partial charge in [0.05, 0.1) is 0 Å². The first-order valence-corrected chi connectivity index (χ1v) is 11.5. The maximum atomic E-state index is 14.0. The zero-order chi connectivity index (χ0) is 31.8. The molecule has 0 aliphatic heterocycles. The van der Waals surface area contributed by atoms with Crippen LogP contribution < -0.4 is 0 Å². The van der Waals surface area contributed by atoms with Crippen molar-refractivity contribution >= 4 is 5.97 Å². The molecule has 1 aliphatic rings. The monoisotopic (exact) mass is 626 g/mol. The molecule has 0 spiro atoms. The van der Waals surface area contributed by atoms with E-state index >= 15 is 0 Å². The van der Waals surface area contributed by atoms with E-state index in [2.05, 4.69) is 14.2 Å². The van der Waals surface area contributed by atoms with Crippen molar-refractivity contribution in [3.63, 3.8) is 0 Å². The average molecular weight is 626 g/mol. The number of hydrogen-bond acceptors (Lipinski definition) is 4. The molecule has 1 atom stereocenters. The zero-order valence-electron chi connectivity index (χ0n) is 20.9. The SMILES string of the molecule is CCOCOC(C1CCC(C(OC(=O)C(C)(CC)C(F)(F)F)(C(F)(F)F)C(F)(F)F)CC1)(C(F)(F)F)C(F)(F)F. The predicted octanol–water partition coefficient (Wildman–Crippen LogP) is 8.05. The number of halogens is 15. The fourth-order valence-electron chi connectivity index (χ4n) is 4.57. The molecular weight excluding hydrogens is 601 g/mol. The van der Waals surface area contributed by atoms with Crippen molar-refractivity contribution < 1.29 is 84.9 Å². The Kier molecular flexibility index (Phi) is 10.5. The van der Waals surface area contributed by atoms with Crippen LogP contribution in [0.25, 0.3) is 0 Å². The topological polar surface area (TPSA) is 44.8 Å². The van der Waals surface area contributed by atoms with Gasteiger partial charge in [0.2, 0.25) is 0 Å². The Morgan fingerprint density at radius 2 is 0.975 bits per heavy atom. The molecule has 0 saturated heterocycles. The highest BCUT2D eigenvalue weighted by Gasteiger charge is 2.80. The van der Waals surface area contributed by atoms with Gasteiger partial charge in [-0.05, 0) is 46.0 Å². The molecule has 0 aromatic heterocycles. The Labute approximate surface area is 217 Å². The molecular formula is C21H25F15O4. The number of carbonyl (C=O) groups is 1. The van der Waals surface area contributed by atoms with Crippen LogP contribution >= 0.6 is 0 Å². The van der Waals surface area contributed by atoms with Gasteiger partial charge < -0.3 is 14.2 Å². The van der Waals surface area contributed by atoms with Gasteiger partial charge in [-0.2, -0.15) is 65.9 Å². The Morgan fingerprint density at radius 1 is 0.625 bits per heavy atom. The molecule has 238 valence electrons. The minimum atomic E-state index is -6.67. The molecule has 1 rings (SSSR count). The fourth-order valence-corrected chi connectivity index (χ4v) is 4.57. The second-order valence-corrected chi connectivity index (χ2v) is 9.34. The summed E-state index contributed by atoms with van der Waals surface area (Å²) >= 11 is 0. The van der Waals surface area contributed by atoms with E-state index in [9.17, 15) is 70.7 Å². The average Bonchev–Trinajstić information content (AvgIpc) is 2.75. The number of ether oxygens (including phenoxy) is 3. The van der Waals surface area contributed by atoms with E-state index in [4.69, 9.17) is 0 Å². The van der Waals surface area contributed by atoms with E-state index in [1.165, 1.54) is 6.92 Å². The molecule has 1 saturated carbocycles. The zero-order valence-corrected chi connectivity index (χ0v) is 20.9. The molecule has 0 amide bonds. The summed E-state index contributed by atoms with van der Waals surface area (Å²) in [5, 5.41) is 0. The smallest absolute Gasteiger partial charge is 0.437 e. The molecule has 19 heteroatoms. The van der Waals surface area contributed by atoms with Gasteiger partial charge in [-0.1, -0.05) is 6.92 Å². The lowest BCUT2D eigenvalue weighted by Gasteiger charge is -2.49. The largest absolute Gasteiger partial charge is 0.438 e. The van der Waals surface area contributed by atoms with E-state index in [0.29, 0.717) is 6.92 Å². The van der Waals surface area contributed by atoms with Crippen molar-refractivity contribution in [3.8, 4) is 0 Å². The van der Waals surface area contributed by atoms with Gasteiger partial charge in [-0.3, -0.25) is 4.79 Å². The van der Waals surface area contributed by atoms with Crippen molar-refractivity contribution in [3.05, 3.63) is 0 Å². The van der Waals surface area contributed by atoms with Crippen LogP contribution in [-0.2, 0) is 19.0 Å².